The molecular weight excluding hydrogens is 286 g/mol. The number of halogens is 3. The van der Waals surface area contributed by atoms with Gasteiger partial charge in [-0.1, -0.05) is 0 Å². The van der Waals surface area contributed by atoms with E-state index in [1.54, 1.807) is 0 Å². The number of nitrogens with one attached hydrogen (secondary N) is 2. The van der Waals surface area contributed by atoms with Crippen LogP contribution in [0.5, 0.6) is 0 Å². The molecule has 0 saturated carbocycles. The van der Waals surface area contributed by atoms with Crippen molar-refractivity contribution in [1.29, 1.82) is 0 Å². The minimum absolute atomic E-state index is 0. The molecule has 0 atom stereocenters. The van der Waals surface area contributed by atoms with E-state index in [-0.39, 0.29) is 49.0 Å². The van der Waals surface area contributed by atoms with Crippen molar-refractivity contribution >= 4 is 11.8 Å². The standard InChI is InChI=1S/2C3H5NO.3ClH.Ti/c2*1-2-3(4)5;;;;/h2*2H,1H2,(H2,4,5);3*1H;/q;;;;;+5/p-5. The van der Waals surface area contributed by atoms with Crippen LogP contribution in [-0.2, 0) is 29.3 Å². The topological polar surface area (TPSA) is 58.2 Å². The SMILES string of the molecule is C=CC(=O)[NH][Ti+3][NH]C(=O)C=C.[Cl-].[Cl-].[Cl-]. The van der Waals surface area contributed by atoms with Crippen molar-refractivity contribution in [2.75, 3.05) is 0 Å². The van der Waals surface area contributed by atoms with Gasteiger partial charge in [-0.25, -0.2) is 0 Å². The zero-order valence-corrected chi connectivity index (χ0v) is 10.8. The maximum atomic E-state index is 10.5. The molecular formula is C6H8Cl3N2O2Ti. The maximum Gasteiger partial charge on any atom is -1.00 e. The number of carbonyl (C=O) groups excluding carboxylic acids is 2. The van der Waals surface area contributed by atoms with Crippen molar-refractivity contribution in [2.45, 2.75) is 0 Å². The minimum Gasteiger partial charge on any atom is -1.00 e. The molecule has 0 fully saturated rings. The van der Waals surface area contributed by atoms with Gasteiger partial charge in [0.05, 0.1) is 0 Å². The van der Waals surface area contributed by atoms with E-state index >= 15 is 0 Å². The molecule has 0 saturated heterocycles. The van der Waals surface area contributed by atoms with E-state index in [9.17, 15) is 9.59 Å². The average Bonchev–Trinajstić information content (AvgIpc) is 2.04. The monoisotopic (exact) mass is 293 g/mol. The minimum atomic E-state index is -0.933. The van der Waals surface area contributed by atoms with Crippen LogP contribution in [0.1, 0.15) is 0 Å². The normalized spacial score (nSPS) is 5.71. The molecule has 79 valence electrons. The largest absolute Gasteiger partial charge is 1.00 e. The Morgan fingerprint density at radius 1 is 0.929 bits per heavy atom. The van der Waals surface area contributed by atoms with Gasteiger partial charge in [0.1, 0.15) is 0 Å². The molecule has 0 unspecified atom stereocenters. The predicted molar refractivity (Wildman–Crippen MR) is 36.7 cm³/mol. The van der Waals surface area contributed by atoms with Gasteiger partial charge < -0.3 is 37.2 Å². The third-order valence-electron chi connectivity index (χ3n) is 0.742. The molecule has 0 aliphatic heterocycles. The molecule has 0 heterocycles. The van der Waals surface area contributed by atoms with Gasteiger partial charge in [-0.15, -0.1) is 0 Å². The van der Waals surface area contributed by atoms with Gasteiger partial charge in [-0.3, -0.25) is 0 Å². The van der Waals surface area contributed by atoms with Crippen molar-refractivity contribution < 1.29 is 66.5 Å². The zero-order valence-electron chi connectivity index (χ0n) is 7.02. The molecule has 0 rings (SSSR count). The second-order valence-electron chi connectivity index (χ2n) is 1.51. The van der Waals surface area contributed by atoms with Gasteiger partial charge in [-0.2, -0.15) is 0 Å². The summed E-state index contributed by atoms with van der Waals surface area (Å²) < 4.78 is 4.97. The summed E-state index contributed by atoms with van der Waals surface area (Å²) in [5, 5.41) is 0. The first-order valence-corrected chi connectivity index (χ1v) is 4.36. The van der Waals surface area contributed by atoms with E-state index in [0.29, 0.717) is 0 Å². The molecule has 2 amide bonds. The van der Waals surface area contributed by atoms with Gasteiger partial charge in [0.25, 0.3) is 0 Å². The fraction of sp³-hybridized carbons (Fsp3) is 0. The van der Waals surface area contributed by atoms with Gasteiger partial charge in [-0.05, 0) is 0 Å². The summed E-state index contributed by atoms with van der Waals surface area (Å²) in [5.41, 5.74) is 0. The Hall–Kier alpha value is 0.00429. The summed E-state index contributed by atoms with van der Waals surface area (Å²) >= 11 is -0.933. The third-order valence-corrected chi connectivity index (χ3v) is 1.90. The van der Waals surface area contributed by atoms with Crippen LogP contribution >= 0.6 is 0 Å². The Kier molecular flexibility index (Phi) is 26.2. The van der Waals surface area contributed by atoms with Crippen molar-refractivity contribution in [1.82, 2.24) is 7.60 Å². The Balaban J connectivity index is -0.000000167. The van der Waals surface area contributed by atoms with Crippen LogP contribution in [0.15, 0.2) is 25.3 Å². The van der Waals surface area contributed by atoms with Crippen LogP contribution in [0.3, 0.4) is 0 Å². The summed E-state index contributed by atoms with van der Waals surface area (Å²) in [7, 11) is 0. The molecule has 0 aromatic heterocycles. The number of carbonyl (C=O) groups is 2. The van der Waals surface area contributed by atoms with E-state index in [2.05, 4.69) is 20.8 Å². The van der Waals surface area contributed by atoms with Crippen LogP contribution in [0, 0.1) is 0 Å². The van der Waals surface area contributed by atoms with E-state index < -0.39 is 19.7 Å². The van der Waals surface area contributed by atoms with Gasteiger partial charge in [0.2, 0.25) is 0 Å². The van der Waals surface area contributed by atoms with Crippen molar-refractivity contribution in [3.8, 4) is 0 Å². The number of hydrogen-bond acceptors (Lipinski definition) is 2. The van der Waals surface area contributed by atoms with Gasteiger partial charge in [0.15, 0.2) is 0 Å². The van der Waals surface area contributed by atoms with Gasteiger partial charge >= 0.3 is 74.0 Å². The summed E-state index contributed by atoms with van der Waals surface area (Å²) in [5.74, 6) is -0.538. The first-order chi connectivity index (χ1) is 5.20. The average molecular weight is 294 g/mol. The van der Waals surface area contributed by atoms with E-state index in [0.717, 1.165) is 12.2 Å². The summed E-state index contributed by atoms with van der Waals surface area (Å²) in [4.78, 5) is 21.0. The predicted octanol–water partition coefficient (Wildman–Crippen LogP) is -9.48. The summed E-state index contributed by atoms with van der Waals surface area (Å²) in [6.07, 6.45) is 2.31. The third kappa shape index (κ3) is 14.5. The Bertz CT molecular complexity index is 182. The molecule has 0 bridgehead atoms. The Labute approximate surface area is 111 Å². The fourth-order valence-electron chi connectivity index (χ4n) is 0.257. The first-order valence-electron chi connectivity index (χ1n) is 2.80. The molecule has 14 heavy (non-hydrogen) atoms. The molecule has 0 aliphatic carbocycles. The summed E-state index contributed by atoms with van der Waals surface area (Å²) in [6, 6.07) is 0. The second kappa shape index (κ2) is 15.5. The van der Waals surface area contributed by atoms with Crippen LogP contribution in [0.25, 0.3) is 0 Å². The van der Waals surface area contributed by atoms with Crippen molar-refractivity contribution in [3.05, 3.63) is 25.3 Å². The first kappa shape index (κ1) is 23.7. The summed E-state index contributed by atoms with van der Waals surface area (Å²) in [6.45, 7) is 6.51. The fourth-order valence-corrected chi connectivity index (χ4v) is 1.06. The molecule has 8 heteroatoms. The van der Waals surface area contributed by atoms with E-state index in [4.69, 9.17) is 0 Å². The van der Waals surface area contributed by atoms with E-state index in [1.807, 2.05) is 0 Å². The molecule has 0 radical (unpaired) electrons. The molecule has 0 aliphatic rings. The van der Waals surface area contributed by atoms with Crippen LogP contribution in [0.2, 0.25) is 0 Å². The smallest absolute Gasteiger partial charge is 1.00 e. The molecule has 0 aromatic carbocycles. The van der Waals surface area contributed by atoms with Crippen LogP contribution in [-0.4, -0.2) is 11.8 Å². The number of rotatable bonds is 4. The molecule has 4 nitrogen and oxygen atoms in total. The number of amides is 2. The Morgan fingerprint density at radius 3 is 1.43 bits per heavy atom. The number of hydrogen-bond donors (Lipinski definition) is 2. The molecule has 0 spiro atoms. The Morgan fingerprint density at radius 2 is 1.21 bits per heavy atom. The molecule has 0 aromatic rings. The van der Waals surface area contributed by atoms with Crippen LogP contribution in [0.4, 0.5) is 0 Å². The van der Waals surface area contributed by atoms with E-state index in [1.165, 1.54) is 0 Å². The second-order valence-corrected chi connectivity index (χ2v) is 2.68. The molecule has 2 N–H and O–H groups in total. The maximum absolute atomic E-state index is 10.5. The zero-order chi connectivity index (χ0) is 8.69. The van der Waals surface area contributed by atoms with Crippen LogP contribution < -0.4 is 44.8 Å². The quantitative estimate of drug-likeness (QED) is 0.400. The van der Waals surface area contributed by atoms with Crippen molar-refractivity contribution in [3.63, 3.8) is 0 Å². The van der Waals surface area contributed by atoms with Crippen molar-refractivity contribution in [2.24, 2.45) is 0 Å². The van der Waals surface area contributed by atoms with Gasteiger partial charge in [0, 0.05) is 0 Å².